The number of anilines is 1. The molecule has 1 fully saturated rings. The lowest BCUT2D eigenvalue weighted by Crippen LogP contribution is -2.41. The molecule has 0 aliphatic heterocycles. The first kappa shape index (κ1) is 19.4. The molecule has 2 rings (SSSR count). The molecule has 24 heavy (non-hydrogen) atoms. The van der Waals surface area contributed by atoms with Crippen LogP contribution in [0.4, 0.5) is 5.69 Å². The monoisotopic (exact) mass is 460 g/mol. The summed E-state index contributed by atoms with van der Waals surface area (Å²) in [6.07, 6.45) is 2.77. The molecule has 1 aromatic carbocycles. The Balaban J connectivity index is 2.28. The van der Waals surface area contributed by atoms with Crippen LogP contribution in [0.3, 0.4) is 0 Å². The predicted octanol–water partition coefficient (Wildman–Crippen LogP) is 3.82. The van der Waals surface area contributed by atoms with Gasteiger partial charge >= 0.3 is 0 Å². The van der Waals surface area contributed by atoms with Gasteiger partial charge in [0, 0.05) is 35.4 Å². The van der Waals surface area contributed by atoms with Gasteiger partial charge in [0.1, 0.15) is 0 Å². The Morgan fingerprint density at radius 1 is 1.21 bits per heavy atom. The number of hydrogen-bond donors (Lipinski definition) is 2. The van der Waals surface area contributed by atoms with Crippen molar-refractivity contribution >= 4 is 49.4 Å². The number of aliphatic hydroxyl groups excluding tert-OH is 1. The van der Waals surface area contributed by atoms with Gasteiger partial charge in [-0.25, -0.2) is 0 Å². The quantitative estimate of drug-likeness (QED) is 0.715. The zero-order valence-corrected chi connectivity index (χ0v) is 17.0. The topological polar surface area (TPSA) is 69.6 Å². The molecule has 5 nitrogen and oxygen atoms in total. The van der Waals surface area contributed by atoms with E-state index in [0.717, 1.165) is 40.2 Å². The van der Waals surface area contributed by atoms with Crippen molar-refractivity contribution in [2.24, 2.45) is 0 Å². The van der Waals surface area contributed by atoms with Crippen LogP contribution in [0.2, 0.25) is 0 Å². The van der Waals surface area contributed by atoms with E-state index in [4.69, 9.17) is 0 Å². The molecule has 0 unspecified atom stereocenters. The fourth-order valence-corrected chi connectivity index (χ4v) is 4.53. The highest BCUT2D eigenvalue weighted by molar-refractivity contribution is 9.11. The van der Waals surface area contributed by atoms with Gasteiger partial charge in [-0.1, -0.05) is 15.9 Å². The van der Waals surface area contributed by atoms with Crippen molar-refractivity contribution in [1.29, 1.82) is 0 Å². The molecule has 132 valence electrons. The van der Waals surface area contributed by atoms with Crippen molar-refractivity contribution in [3.8, 4) is 0 Å². The van der Waals surface area contributed by atoms with Crippen LogP contribution in [0.1, 0.15) is 45.1 Å². The van der Waals surface area contributed by atoms with E-state index in [1.165, 1.54) is 6.92 Å². The smallest absolute Gasteiger partial charge is 0.221 e. The van der Waals surface area contributed by atoms with E-state index in [9.17, 15) is 14.7 Å². The molecule has 0 radical (unpaired) electrons. The Bertz CT molecular complexity index is 629. The number of nitrogens with one attached hydrogen (secondary N) is 1. The minimum atomic E-state index is -0.259. The number of hydrogen-bond acceptors (Lipinski definition) is 3. The Morgan fingerprint density at radius 3 is 2.38 bits per heavy atom. The first-order chi connectivity index (χ1) is 11.3. The zero-order chi connectivity index (χ0) is 17.9. The Morgan fingerprint density at radius 2 is 1.83 bits per heavy atom. The molecule has 0 atom stereocenters. The summed E-state index contributed by atoms with van der Waals surface area (Å²) in [6, 6.07) is 3.90. The van der Waals surface area contributed by atoms with Crippen LogP contribution in [0.15, 0.2) is 21.1 Å². The van der Waals surface area contributed by atoms with E-state index in [1.54, 1.807) is 6.92 Å². The number of rotatable bonds is 4. The van der Waals surface area contributed by atoms with Gasteiger partial charge in [-0.3, -0.25) is 9.59 Å². The van der Waals surface area contributed by atoms with E-state index in [1.807, 2.05) is 17.0 Å². The first-order valence-corrected chi connectivity index (χ1v) is 9.57. The van der Waals surface area contributed by atoms with Crippen LogP contribution in [0, 0.1) is 0 Å². The van der Waals surface area contributed by atoms with Crippen molar-refractivity contribution in [1.82, 2.24) is 4.90 Å². The molecule has 0 heterocycles. The third-order valence-corrected chi connectivity index (χ3v) is 5.37. The van der Waals surface area contributed by atoms with E-state index in [2.05, 4.69) is 37.2 Å². The van der Waals surface area contributed by atoms with Crippen LogP contribution >= 0.6 is 31.9 Å². The average molecular weight is 462 g/mol. The number of aliphatic hydroxyl groups is 1. The molecule has 0 bridgehead atoms. The van der Waals surface area contributed by atoms with E-state index < -0.39 is 0 Å². The lowest BCUT2D eigenvalue weighted by atomic mass is 9.91. The fraction of sp³-hybridized carbons (Fsp3) is 0.529. The molecular formula is C17H22Br2N2O3. The van der Waals surface area contributed by atoms with Gasteiger partial charge in [-0.2, -0.15) is 0 Å². The van der Waals surface area contributed by atoms with Crippen molar-refractivity contribution < 1.29 is 14.7 Å². The van der Waals surface area contributed by atoms with Crippen molar-refractivity contribution in [3.63, 3.8) is 0 Å². The molecule has 0 saturated heterocycles. The standard InChI is InChI=1S/C17H22Br2N2O3/c1-10(22)20-17-12(7-13(18)8-16(17)19)9-21(11(2)23)14-3-5-15(24)6-4-14/h7-8,14-15,24H,3-6,9H2,1-2H3,(H,20,22). The largest absolute Gasteiger partial charge is 0.393 e. The molecule has 1 aliphatic rings. The molecule has 1 aliphatic carbocycles. The maximum atomic E-state index is 12.2. The molecule has 1 saturated carbocycles. The number of halogens is 2. The Labute approximate surface area is 159 Å². The normalized spacial score (nSPS) is 20.5. The highest BCUT2D eigenvalue weighted by Gasteiger charge is 2.27. The summed E-state index contributed by atoms with van der Waals surface area (Å²) in [5, 5.41) is 12.5. The Kier molecular flexibility index (Phi) is 6.83. The summed E-state index contributed by atoms with van der Waals surface area (Å²) >= 11 is 6.94. The summed E-state index contributed by atoms with van der Waals surface area (Å²) < 4.78 is 1.64. The van der Waals surface area contributed by atoms with Crippen LogP contribution in [-0.4, -0.2) is 34.0 Å². The summed E-state index contributed by atoms with van der Waals surface area (Å²) in [5.41, 5.74) is 1.56. The van der Waals surface area contributed by atoms with Crippen LogP contribution in [0.25, 0.3) is 0 Å². The summed E-state index contributed by atoms with van der Waals surface area (Å²) in [7, 11) is 0. The molecular weight excluding hydrogens is 440 g/mol. The predicted molar refractivity (Wildman–Crippen MR) is 101 cm³/mol. The lowest BCUT2D eigenvalue weighted by molar-refractivity contribution is -0.133. The number of carbonyl (C=O) groups excluding carboxylic acids is 2. The van der Waals surface area contributed by atoms with Crippen molar-refractivity contribution in [3.05, 3.63) is 26.6 Å². The highest BCUT2D eigenvalue weighted by atomic mass is 79.9. The summed E-state index contributed by atoms with van der Waals surface area (Å²) in [6.45, 7) is 3.45. The SMILES string of the molecule is CC(=O)Nc1c(Br)cc(Br)cc1CN(C(C)=O)C1CCC(O)CC1. The van der Waals surface area contributed by atoms with E-state index in [0.29, 0.717) is 12.2 Å². The minimum Gasteiger partial charge on any atom is -0.393 e. The third-order valence-electron chi connectivity index (χ3n) is 4.29. The van der Waals surface area contributed by atoms with Crippen molar-refractivity contribution in [2.75, 3.05) is 5.32 Å². The zero-order valence-electron chi connectivity index (χ0n) is 13.8. The van der Waals surface area contributed by atoms with Gasteiger partial charge in [0.15, 0.2) is 0 Å². The first-order valence-electron chi connectivity index (χ1n) is 7.98. The molecule has 2 amide bonds. The minimum absolute atomic E-state index is 0.00117. The van der Waals surface area contributed by atoms with Gasteiger partial charge in [-0.05, 0) is 59.3 Å². The van der Waals surface area contributed by atoms with Gasteiger partial charge < -0.3 is 15.3 Å². The summed E-state index contributed by atoms with van der Waals surface area (Å²) in [5.74, 6) is -0.157. The molecule has 1 aromatic rings. The second-order valence-corrected chi connectivity index (χ2v) is 7.98. The second-order valence-electron chi connectivity index (χ2n) is 6.21. The van der Waals surface area contributed by atoms with Gasteiger partial charge in [0.25, 0.3) is 0 Å². The highest BCUT2D eigenvalue weighted by Crippen LogP contribution is 2.33. The van der Waals surface area contributed by atoms with Gasteiger partial charge in [0.2, 0.25) is 11.8 Å². The van der Waals surface area contributed by atoms with E-state index in [-0.39, 0.29) is 24.0 Å². The van der Waals surface area contributed by atoms with E-state index >= 15 is 0 Å². The van der Waals surface area contributed by atoms with Gasteiger partial charge in [-0.15, -0.1) is 0 Å². The second kappa shape index (κ2) is 8.45. The number of carbonyl (C=O) groups is 2. The summed E-state index contributed by atoms with van der Waals surface area (Å²) in [4.78, 5) is 25.5. The molecule has 2 N–H and O–H groups in total. The van der Waals surface area contributed by atoms with Crippen LogP contribution in [-0.2, 0) is 16.1 Å². The lowest BCUT2D eigenvalue weighted by Gasteiger charge is -2.35. The molecule has 0 aromatic heterocycles. The average Bonchev–Trinajstić information content (AvgIpc) is 2.48. The van der Waals surface area contributed by atoms with Crippen LogP contribution in [0.5, 0.6) is 0 Å². The van der Waals surface area contributed by atoms with Gasteiger partial charge in [0.05, 0.1) is 11.8 Å². The Hall–Kier alpha value is -0.920. The third kappa shape index (κ3) is 5.04. The number of amides is 2. The molecule has 7 heteroatoms. The number of benzene rings is 1. The number of nitrogens with zero attached hydrogens (tertiary/aromatic N) is 1. The van der Waals surface area contributed by atoms with Crippen LogP contribution < -0.4 is 5.32 Å². The maximum Gasteiger partial charge on any atom is 0.221 e. The van der Waals surface area contributed by atoms with Crippen molar-refractivity contribution in [2.45, 2.75) is 58.2 Å². The maximum absolute atomic E-state index is 12.2. The fourth-order valence-electron chi connectivity index (χ4n) is 3.12. The molecule has 0 spiro atoms.